The van der Waals surface area contributed by atoms with Gasteiger partial charge in [-0.05, 0) is 36.8 Å². The van der Waals surface area contributed by atoms with Crippen LogP contribution in [0.25, 0.3) is 11.3 Å². The first-order chi connectivity index (χ1) is 12.8. The second kappa shape index (κ2) is 6.93. The van der Waals surface area contributed by atoms with Gasteiger partial charge in [0.15, 0.2) is 0 Å². The summed E-state index contributed by atoms with van der Waals surface area (Å²) < 4.78 is 0. The van der Waals surface area contributed by atoms with Gasteiger partial charge in [0.25, 0.3) is 0 Å². The fourth-order valence-electron chi connectivity index (χ4n) is 3.34. The Morgan fingerprint density at radius 1 is 0.615 bits per heavy atom. The smallest absolute Gasteiger partial charge is 0.0768 e. The first-order valence-corrected chi connectivity index (χ1v) is 8.78. The highest BCUT2D eigenvalue weighted by atomic mass is 14.8. The van der Waals surface area contributed by atoms with Gasteiger partial charge in [0, 0.05) is 11.8 Å². The molecule has 2 aromatic carbocycles. The second-order valence-corrected chi connectivity index (χ2v) is 6.48. The molecule has 0 aliphatic rings. The molecule has 0 saturated carbocycles. The molecular formula is C24H20N2. The van der Waals surface area contributed by atoms with Gasteiger partial charge in [0.1, 0.15) is 0 Å². The fourth-order valence-corrected chi connectivity index (χ4v) is 3.34. The maximum absolute atomic E-state index is 5.03. The van der Waals surface area contributed by atoms with Crippen molar-refractivity contribution in [3.63, 3.8) is 0 Å². The predicted molar refractivity (Wildman–Crippen MR) is 106 cm³/mol. The normalized spacial score (nSPS) is 13.1. The summed E-state index contributed by atoms with van der Waals surface area (Å²) in [5.74, 6) is 0. The van der Waals surface area contributed by atoms with E-state index in [-0.39, 0.29) is 0 Å². The van der Waals surface area contributed by atoms with E-state index in [4.69, 9.17) is 4.98 Å². The highest BCUT2D eigenvalue weighted by Crippen LogP contribution is 2.37. The Hall–Kier alpha value is -3.26. The molecule has 0 aliphatic heterocycles. The SMILES string of the molecule is C[C@](c1ccccc1)(c1ccccn1)c1cccc(-c2ccccc2)n1. The summed E-state index contributed by atoms with van der Waals surface area (Å²) in [6, 6.07) is 33.0. The summed E-state index contributed by atoms with van der Waals surface area (Å²) in [6.45, 7) is 2.20. The molecule has 0 spiro atoms. The molecule has 4 aromatic rings. The van der Waals surface area contributed by atoms with Crippen molar-refractivity contribution in [3.05, 3.63) is 120 Å². The van der Waals surface area contributed by atoms with Crippen molar-refractivity contribution in [2.24, 2.45) is 0 Å². The number of hydrogen-bond acceptors (Lipinski definition) is 2. The van der Waals surface area contributed by atoms with Crippen LogP contribution < -0.4 is 0 Å². The zero-order valence-corrected chi connectivity index (χ0v) is 14.7. The van der Waals surface area contributed by atoms with Gasteiger partial charge in [-0.15, -0.1) is 0 Å². The van der Waals surface area contributed by atoms with Crippen LogP contribution in [0.2, 0.25) is 0 Å². The summed E-state index contributed by atoms with van der Waals surface area (Å²) in [6.07, 6.45) is 1.84. The van der Waals surface area contributed by atoms with Crippen LogP contribution in [0.4, 0.5) is 0 Å². The topological polar surface area (TPSA) is 25.8 Å². The van der Waals surface area contributed by atoms with Gasteiger partial charge in [-0.3, -0.25) is 9.97 Å². The molecule has 0 N–H and O–H groups in total. The molecule has 1 atom stereocenters. The van der Waals surface area contributed by atoms with Gasteiger partial charge >= 0.3 is 0 Å². The number of aromatic nitrogens is 2. The standard InChI is InChI=1S/C24H20N2/c1-24(20-13-6-3-7-14-20,22-16-8-9-18-25-22)23-17-10-15-21(26-23)19-11-4-2-5-12-19/h2-18H,1H3/t24-/m0/s1. The van der Waals surface area contributed by atoms with Crippen molar-refractivity contribution in [2.45, 2.75) is 12.3 Å². The van der Waals surface area contributed by atoms with Crippen molar-refractivity contribution in [1.29, 1.82) is 0 Å². The molecule has 0 radical (unpaired) electrons. The lowest BCUT2D eigenvalue weighted by molar-refractivity contribution is 0.642. The molecule has 0 saturated heterocycles. The van der Waals surface area contributed by atoms with Gasteiger partial charge in [0.05, 0.1) is 22.5 Å². The third-order valence-electron chi connectivity index (χ3n) is 4.86. The summed E-state index contributed by atoms with van der Waals surface area (Å²) in [5, 5.41) is 0. The van der Waals surface area contributed by atoms with E-state index in [0.717, 1.165) is 22.6 Å². The quantitative estimate of drug-likeness (QED) is 0.492. The average molecular weight is 336 g/mol. The molecule has 0 fully saturated rings. The molecule has 2 aromatic heterocycles. The maximum Gasteiger partial charge on any atom is 0.0768 e. The zero-order valence-electron chi connectivity index (χ0n) is 14.7. The van der Waals surface area contributed by atoms with Crippen molar-refractivity contribution in [1.82, 2.24) is 9.97 Å². The number of pyridine rings is 2. The van der Waals surface area contributed by atoms with E-state index in [0.29, 0.717) is 0 Å². The highest BCUT2D eigenvalue weighted by Gasteiger charge is 2.34. The maximum atomic E-state index is 5.03. The summed E-state index contributed by atoms with van der Waals surface area (Å²) in [4.78, 5) is 9.69. The van der Waals surface area contributed by atoms with Gasteiger partial charge in [0.2, 0.25) is 0 Å². The zero-order chi connectivity index (χ0) is 17.8. The third-order valence-corrected chi connectivity index (χ3v) is 4.86. The van der Waals surface area contributed by atoms with Crippen LogP contribution >= 0.6 is 0 Å². The molecule has 2 heteroatoms. The van der Waals surface area contributed by atoms with E-state index in [1.807, 2.05) is 42.6 Å². The summed E-state index contributed by atoms with van der Waals surface area (Å²) in [7, 11) is 0. The van der Waals surface area contributed by atoms with Crippen LogP contribution in [0.3, 0.4) is 0 Å². The van der Waals surface area contributed by atoms with Gasteiger partial charge < -0.3 is 0 Å². The van der Waals surface area contributed by atoms with Gasteiger partial charge in [-0.25, -0.2) is 0 Å². The Labute approximate surface area is 154 Å². The molecule has 2 heterocycles. The van der Waals surface area contributed by atoms with E-state index < -0.39 is 5.41 Å². The molecule has 26 heavy (non-hydrogen) atoms. The number of hydrogen-bond donors (Lipinski definition) is 0. The number of rotatable bonds is 4. The Morgan fingerprint density at radius 3 is 1.96 bits per heavy atom. The van der Waals surface area contributed by atoms with Crippen molar-refractivity contribution < 1.29 is 0 Å². The molecule has 2 nitrogen and oxygen atoms in total. The lowest BCUT2D eigenvalue weighted by Crippen LogP contribution is -2.28. The lowest BCUT2D eigenvalue weighted by Gasteiger charge is -2.29. The Bertz CT molecular complexity index is 941. The van der Waals surface area contributed by atoms with Crippen molar-refractivity contribution >= 4 is 0 Å². The van der Waals surface area contributed by atoms with E-state index in [2.05, 4.69) is 72.6 Å². The molecular weight excluding hydrogens is 316 g/mol. The summed E-state index contributed by atoms with van der Waals surface area (Å²) in [5.41, 5.74) is 4.82. The third kappa shape index (κ3) is 2.91. The number of nitrogens with zero attached hydrogens (tertiary/aromatic N) is 2. The summed E-state index contributed by atoms with van der Waals surface area (Å²) >= 11 is 0. The van der Waals surface area contributed by atoms with Crippen molar-refractivity contribution in [3.8, 4) is 11.3 Å². The minimum atomic E-state index is -0.423. The van der Waals surface area contributed by atoms with Crippen LogP contribution in [0.1, 0.15) is 23.9 Å². The van der Waals surface area contributed by atoms with Crippen LogP contribution in [-0.4, -0.2) is 9.97 Å². The van der Waals surface area contributed by atoms with E-state index in [9.17, 15) is 0 Å². The molecule has 4 rings (SSSR count). The van der Waals surface area contributed by atoms with Crippen LogP contribution in [-0.2, 0) is 5.41 Å². The first kappa shape index (κ1) is 16.2. The van der Waals surface area contributed by atoms with E-state index in [1.165, 1.54) is 5.56 Å². The van der Waals surface area contributed by atoms with E-state index in [1.54, 1.807) is 0 Å². The van der Waals surface area contributed by atoms with Crippen LogP contribution in [0.15, 0.2) is 103 Å². The molecule has 0 aliphatic carbocycles. The Morgan fingerprint density at radius 2 is 1.27 bits per heavy atom. The van der Waals surface area contributed by atoms with Crippen molar-refractivity contribution in [2.75, 3.05) is 0 Å². The second-order valence-electron chi connectivity index (χ2n) is 6.48. The monoisotopic (exact) mass is 336 g/mol. The van der Waals surface area contributed by atoms with Gasteiger partial charge in [-0.1, -0.05) is 72.8 Å². The predicted octanol–water partition coefficient (Wildman–Crippen LogP) is 5.50. The fraction of sp³-hybridized carbons (Fsp3) is 0.0833. The van der Waals surface area contributed by atoms with Gasteiger partial charge in [-0.2, -0.15) is 0 Å². The molecule has 0 unspecified atom stereocenters. The minimum absolute atomic E-state index is 0.423. The molecule has 0 amide bonds. The Balaban J connectivity index is 1.91. The largest absolute Gasteiger partial charge is 0.260 e. The lowest BCUT2D eigenvalue weighted by atomic mass is 9.76. The molecule has 126 valence electrons. The Kier molecular flexibility index (Phi) is 4.32. The first-order valence-electron chi connectivity index (χ1n) is 8.78. The number of benzene rings is 2. The average Bonchev–Trinajstić information content (AvgIpc) is 2.75. The minimum Gasteiger partial charge on any atom is -0.260 e. The molecule has 0 bridgehead atoms. The highest BCUT2D eigenvalue weighted by molar-refractivity contribution is 5.60. The van der Waals surface area contributed by atoms with Crippen LogP contribution in [0, 0.1) is 0 Å². The van der Waals surface area contributed by atoms with E-state index >= 15 is 0 Å². The van der Waals surface area contributed by atoms with Crippen LogP contribution in [0.5, 0.6) is 0 Å².